The average molecular weight is 432 g/mol. The average Bonchev–Trinajstić information content (AvgIpc) is 3.15. The molecule has 0 radical (unpaired) electrons. The van der Waals surface area contributed by atoms with Gasteiger partial charge in [-0.25, -0.2) is 4.98 Å². The SMILES string of the molecule is CCCCCc1ccc(C(=O)N(CCCOCC)CC(=O)Nc2nc(C)cs2)cc1. The molecule has 1 aromatic carbocycles. The first-order valence-corrected chi connectivity index (χ1v) is 11.6. The summed E-state index contributed by atoms with van der Waals surface area (Å²) in [6, 6.07) is 7.75. The minimum atomic E-state index is -0.245. The van der Waals surface area contributed by atoms with Crippen molar-refractivity contribution in [3.63, 3.8) is 0 Å². The van der Waals surface area contributed by atoms with Crippen LogP contribution >= 0.6 is 11.3 Å². The van der Waals surface area contributed by atoms with Crippen LogP contribution in [0.5, 0.6) is 0 Å². The van der Waals surface area contributed by atoms with Crippen molar-refractivity contribution >= 4 is 28.3 Å². The number of hydrogen-bond donors (Lipinski definition) is 1. The lowest BCUT2D eigenvalue weighted by Gasteiger charge is -2.22. The van der Waals surface area contributed by atoms with E-state index in [0.29, 0.717) is 36.9 Å². The predicted octanol–water partition coefficient (Wildman–Crippen LogP) is 4.69. The van der Waals surface area contributed by atoms with Crippen LogP contribution in [-0.2, 0) is 16.0 Å². The molecule has 0 saturated carbocycles. The quantitative estimate of drug-likeness (QED) is 0.467. The van der Waals surface area contributed by atoms with E-state index in [4.69, 9.17) is 4.74 Å². The highest BCUT2D eigenvalue weighted by atomic mass is 32.1. The maximum Gasteiger partial charge on any atom is 0.254 e. The van der Waals surface area contributed by atoms with Gasteiger partial charge >= 0.3 is 0 Å². The summed E-state index contributed by atoms with van der Waals surface area (Å²) in [7, 11) is 0. The van der Waals surface area contributed by atoms with Crippen molar-refractivity contribution in [3.05, 3.63) is 46.5 Å². The Labute approximate surface area is 183 Å². The summed E-state index contributed by atoms with van der Waals surface area (Å²) in [6.45, 7) is 7.65. The molecule has 2 amide bonds. The molecule has 0 fully saturated rings. The monoisotopic (exact) mass is 431 g/mol. The van der Waals surface area contributed by atoms with Crippen molar-refractivity contribution < 1.29 is 14.3 Å². The number of unbranched alkanes of at least 4 members (excludes halogenated alkanes) is 2. The second-order valence-electron chi connectivity index (χ2n) is 7.27. The van der Waals surface area contributed by atoms with Crippen LogP contribution in [0.25, 0.3) is 0 Å². The molecule has 30 heavy (non-hydrogen) atoms. The van der Waals surface area contributed by atoms with Crippen molar-refractivity contribution in [1.82, 2.24) is 9.88 Å². The number of carbonyl (C=O) groups excluding carboxylic acids is 2. The van der Waals surface area contributed by atoms with Crippen LogP contribution in [0.15, 0.2) is 29.6 Å². The second-order valence-corrected chi connectivity index (χ2v) is 8.13. The topological polar surface area (TPSA) is 71.5 Å². The van der Waals surface area contributed by atoms with E-state index in [1.54, 1.807) is 4.90 Å². The molecule has 164 valence electrons. The summed E-state index contributed by atoms with van der Waals surface area (Å²) in [4.78, 5) is 31.4. The van der Waals surface area contributed by atoms with Crippen LogP contribution < -0.4 is 5.32 Å². The van der Waals surface area contributed by atoms with Crippen molar-refractivity contribution in [2.24, 2.45) is 0 Å². The van der Waals surface area contributed by atoms with Crippen LogP contribution in [0.4, 0.5) is 5.13 Å². The van der Waals surface area contributed by atoms with E-state index in [9.17, 15) is 9.59 Å². The molecule has 7 heteroatoms. The molecule has 1 N–H and O–H groups in total. The van der Waals surface area contributed by atoms with E-state index >= 15 is 0 Å². The Balaban J connectivity index is 2.00. The summed E-state index contributed by atoms with van der Waals surface area (Å²) in [5, 5.41) is 5.21. The number of hydrogen-bond acceptors (Lipinski definition) is 5. The number of carbonyl (C=O) groups is 2. The molecule has 0 aliphatic rings. The van der Waals surface area contributed by atoms with Gasteiger partial charge in [-0.1, -0.05) is 31.9 Å². The first kappa shape index (κ1) is 24.0. The molecule has 0 aliphatic carbocycles. The predicted molar refractivity (Wildman–Crippen MR) is 122 cm³/mol. The Hall–Kier alpha value is -2.25. The lowest BCUT2D eigenvalue weighted by atomic mass is 10.0. The fraction of sp³-hybridized carbons (Fsp3) is 0.522. The fourth-order valence-corrected chi connectivity index (χ4v) is 3.78. The van der Waals surface area contributed by atoms with E-state index in [-0.39, 0.29) is 18.4 Å². The van der Waals surface area contributed by atoms with Crippen LogP contribution in [0.3, 0.4) is 0 Å². The standard InChI is InChI=1S/C23H33N3O3S/c1-4-6-7-9-19-10-12-20(13-11-19)22(28)26(14-8-15-29-5-2)16-21(27)25-23-24-18(3)17-30-23/h10-13,17H,4-9,14-16H2,1-3H3,(H,24,25,27). The first-order chi connectivity index (χ1) is 14.5. The van der Waals surface area contributed by atoms with Gasteiger partial charge in [0.15, 0.2) is 5.13 Å². The molecule has 2 rings (SSSR count). The van der Waals surface area contributed by atoms with E-state index in [1.807, 2.05) is 43.5 Å². The molecule has 0 saturated heterocycles. The van der Waals surface area contributed by atoms with Crippen molar-refractivity contribution in [2.75, 3.05) is 31.6 Å². The van der Waals surface area contributed by atoms with E-state index < -0.39 is 0 Å². The van der Waals surface area contributed by atoms with Crippen molar-refractivity contribution in [1.29, 1.82) is 0 Å². The zero-order valence-corrected chi connectivity index (χ0v) is 19.1. The third-order valence-electron chi connectivity index (χ3n) is 4.68. The minimum absolute atomic E-state index is 0.0121. The van der Waals surface area contributed by atoms with E-state index in [2.05, 4.69) is 17.2 Å². The molecule has 0 unspecified atom stereocenters. The number of aromatic nitrogens is 1. The fourth-order valence-electron chi connectivity index (χ4n) is 3.07. The van der Waals surface area contributed by atoms with Crippen LogP contribution in [0, 0.1) is 6.92 Å². The lowest BCUT2D eigenvalue weighted by Crippen LogP contribution is -2.39. The highest BCUT2D eigenvalue weighted by Crippen LogP contribution is 2.15. The van der Waals surface area contributed by atoms with Gasteiger partial charge in [0.05, 0.1) is 5.69 Å². The highest BCUT2D eigenvalue weighted by molar-refractivity contribution is 7.13. The van der Waals surface area contributed by atoms with Gasteiger partial charge in [-0.15, -0.1) is 11.3 Å². The summed E-state index contributed by atoms with van der Waals surface area (Å²) in [5.41, 5.74) is 2.70. The molecule has 0 atom stereocenters. The molecular formula is C23H33N3O3S. The Bertz CT molecular complexity index is 789. The third-order valence-corrected chi connectivity index (χ3v) is 5.55. The molecule has 6 nitrogen and oxygen atoms in total. The minimum Gasteiger partial charge on any atom is -0.382 e. The molecule has 0 bridgehead atoms. The largest absolute Gasteiger partial charge is 0.382 e. The summed E-state index contributed by atoms with van der Waals surface area (Å²) in [6.07, 6.45) is 5.26. The normalized spacial score (nSPS) is 10.8. The van der Waals surface area contributed by atoms with Crippen LogP contribution in [0.1, 0.15) is 61.1 Å². The number of nitrogens with zero attached hydrogens (tertiary/aromatic N) is 2. The van der Waals surface area contributed by atoms with Gasteiger partial charge in [0.1, 0.15) is 6.54 Å². The Kier molecular flexibility index (Phi) is 10.5. The van der Waals surface area contributed by atoms with Gasteiger partial charge in [-0.3, -0.25) is 9.59 Å². The van der Waals surface area contributed by atoms with Crippen LogP contribution in [-0.4, -0.2) is 48.0 Å². The Morgan fingerprint density at radius 2 is 1.90 bits per heavy atom. The smallest absolute Gasteiger partial charge is 0.254 e. The van der Waals surface area contributed by atoms with Gasteiger partial charge in [-0.2, -0.15) is 0 Å². The number of rotatable bonds is 13. The Morgan fingerprint density at radius 3 is 2.53 bits per heavy atom. The maximum atomic E-state index is 13.1. The molecule has 2 aromatic rings. The number of anilines is 1. The van der Waals surface area contributed by atoms with Gasteiger partial charge in [0.2, 0.25) is 5.91 Å². The lowest BCUT2D eigenvalue weighted by molar-refractivity contribution is -0.116. The summed E-state index contributed by atoms with van der Waals surface area (Å²) < 4.78 is 5.39. The van der Waals surface area contributed by atoms with Gasteiger partial charge < -0.3 is 15.0 Å². The number of thiazole rings is 1. The third kappa shape index (κ3) is 8.24. The Morgan fingerprint density at radius 1 is 1.13 bits per heavy atom. The van der Waals surface area contributed by atoms with Gasteiger partial charge in [-0.05, 0) is 50.8 Å². The van der Waals surface area contributed by atoms with E-state index in [0.717, 1.165) is 18.5 Å². The zero-order valence-electron chi connectivity index (χ0n) is 18.3. The van der Waals surface area contributed by atoms with Crippen molar-refractivity contribution in [3.8, 4) is 0 Å². The van der Waals surface area contributed by atoms with Crippen molar-refractivity contribution in [2.45, 2.75) is 52.9 Å². The van der Waals surface area contributed by atoms with E-state index in [1.165, 1.54) is 29.7 Å². The molecular weight excluding hydrogens is 398 g/mol. The number of nitrogens with one attached hydrogen (secondary N) is 1. The number of ether oxygens (including phenoxy) is 1. The van der Waals surface area contributed by atoms with Gasteiger partial charge in [0.25, 0.3) is 5.91 Å². The zero-order chi connectivity index (χ0) is 21.8. The molecule has 1 heterocycles. The first-order valence-electron chi connectivity index (χ1n) is 10.7. The van der Waals surface area contributed by atoms with Crippen LogP contribution in [0.2, 0.25) is 0 Å². The summed E-state index contributed by atoms with van der Waals surface area (Å²) >= 11 is 1.38. The number of amides is 2. The number of benzene rings is 1. The van der Waals surface area contributed by atoms with Gasteiger partial charge in [0, 0.05) is 30.7 Å². The maximum absolute atomic E-state index is 13.1. The number of aryl methyl sites for hydroxylation is 2. The highest BCUT2D eigenvalue weighted by Gasteiger charge is 2.19. The molecule has 1 aromatic heterocycles. The molecule has 0 aliphatic heterocycles. The summed E-state index contributed by atoms with van der Waals surface area (Å²) in [5.74, 6) is -0.387. The molecule has 0 spiro atoms. The second kappa shape index (κ2) is 13.1.